The summed E-state index contributed by atoms with van der Waals surface area (Å²) in [4.78, 5) is 15.4. The fourth-order valence-electron chi connectivity index (χ4n) is 3.95. The Morgan fingerprint density at radius 3 is 2.56 bits per heavy atom. The number of carbonyl (C=O) groups excluding carboxylic acids is 1. The fourth-order valence-corrected chi connectivity index (χ4v) is 5.15. The molecule has 1 aliphatic heterocycles. The summed E-state index contributed by atoms with van der Waals surface area (Å²) in [5, 5.41) is 0. The lowest BCUT2D eigenvalue weighted by molar-refractivity contribution is -0.132. The summed E-state index contributed by atoms with van der Waals surface area (Å²) >= 11 is 1.54. The first-order chi connectivity index (χ1) is 15.1. The van der Waals surface area contributed by atoms with Crippen molar-refractivity contribution in [2.75, 3.05) is 19.6 Å². The Bertz CT molecular complexity index is 695. The molecule has 0 bridgehead atoms. The molecule has 0 radical (unpaired) electrons. The van der Waals surface area contributed by atoms with Crippen LogP contribution in [0.5, 0.6) is 0 Å². The maximum atomic E-state index is 13.0. The second kappa shape index (κ2) is 12.8. The summed E-state index contributed by atoms with van der Waals surface area (Å²) in [5.41, 5.74) is 5.63. The number of alkyl halides is 3. The van der Waals surface area contributed by atoms with Gasteiger partial charge in [-0.1, -0.05) is 39.0 Å². The highest BCUT2D eigenvalue weighted by molar-refractivity contribution is 8.01. The number of piperidine rings is 1. The quantitative estimate of drug-likeness (QED) is 0.406. The van der Waals surface area contributed by atoms with Gasteiger partial charge in [-0.15, -0.1) is 0 Å². The van der Waals surface area contributed by atoms with Crippen LogP contribution in [-0.4, -0.2) is 53.0 Å². The van der Waals surface area contributed by atoms with E-state index < -0.39 is 11.7 Å². The summed E-state index contributed by atoms with van der Waals surface area (Å²) in [7, 11) is 0. The van der Waals surface area contributed by atoms with Crippen molar-refractivity contribution >= 4 is 17.9 Å². The van der Waals surface area contributed by atoms with Crippen LogP contribution in [0.25, 0.3) is 0 Å². The van der Waals surface area contributed by atoms with Gasteiger partial charge in [-0.05, 0) is 62.5 Å². The van der Waals surface area contributed by atoms with E-state index in [9.17, 15) is 18.0 Å². The minimum absolute atomic E-state index is 0.0843. The van der Waals surface area contributed by atoms with Gasteiger partial charge in [0.15, 0.2) is 0 Å². The molecule has 4 nitrogen and oxygen atoms in total. The number of rotatable bonds is 10. The van der Waals surface area contributed by atoms with Crippen molar-refractivity contribution in [1.29, 1.82) is 0 Å². The highest BCUT2D eigenvalue weighted by Crippen LogP contribution is 2.34. The number of amides is 1. The Kier molecular flexibility index (Phi) is 10.8. The average molecular weight is 474 g/mol. The summed E-state index contributed by atoms with van der Waals surface area (Å²) < 4.78 is 41.3. The first-order valence-corrected chi connectivity index (χ1v) is 12.5. The lowest BCUT2D eigenvalue weighted by atomic mass is 10.00. The zero-order valence-electron chi connectivity index (χ0n) is 19.5. The van der Waals surface area contributed by atoms with Gasteiger partial charge < -0.3 is 10.6 Å². The fraction of sp³-hybridized carbons (Fsp3) is 0.708. The lowest BCUT2D eigenvalue weighted by Gasteiger charge is -2.38. The summed E-state index contributed by atoms with van der Waals surface area (Å²) in [5.74, 6) is 0.720. The number of likely N-dealkylation sites (tertiary alicyclic amines) is 1. The van der Waals surface area contributed by atoms with Gasteiger partial charge in [0.2, 0.25) is 5.91 Å². The second-order valence-corrected chi connectivity index (χ2v) is 10.3. The molecule has 1 amide bonds. The van der Waals surface area contributed by atoms with Crippen molar-refractivity contribution in [2.24, 2.45) is 11.7 Å². The molecule has 1 atom stereocenters. The molecule has 1 unspecified atom stereocenters. The van der Waals surface area contributed by atoms with Crippen molar-refractivity contribution in [1.82, 2.24) is 9.21 Å². The first-order valence-electron chi connectivity index (χ1n) is 11.7. The van der Waals surface area contributed by atoms with Crippen molar-refractivity contribution in [3.05, 3.63) is 34.8 Å². The summed E-state index contributed by atoms with van der Waals surface area (Å²) in [6.45, 7) is 8.68. The van der Waals surface area contributed by atoms with Gasteiger partial charge in [0.05, 0.1) is 0 Å². The van der Waals surface area contributed by atoms with Gasteiger partial charge in [0.25, 0.3) is 0 Å². The number of halogens is 3. The van der Waals surface area contributed by atoms with E-state index in [0.717, 1.165) is 49.6 Å². The maximum absolute atomic E-state index is 13.0. The molecule has 0 spiro atoms. The number of allylic oxidation sites excluding steroid dienone is 5. The average Bonchev–Trinajstić information content (AvgIpc) is 2.98. The third kappa shape index (κ3) is 8.94. The van der Waals surface area contributed by atoms with E-state index in [0.29, 0.717) is 31.5 Å². The Morgan fingerprint density at radius 2 is 1.97 bits per heavy atom. The van der Waals surface area contributed by atoms with Crippen molar-refractivity contribution in [3.63, 3.8) is 0 Å². The predicted octanol–water partition coefficient (Wildman–Crippen LogP) is 5.82. The van der Waals surface area contributed by atoms with Gasteiger partial charge in [-0.2, -0.15) is 13.2 Å². The minimum Gasteiger partial charge on any atom is -0.343 e. The third-order valence-electron chi connectivity index (χ3n) is 5.89. The lowest BCUT2D eigenvalue weighted by Crippen LogP contribution is -2.46. The number of nitrogens with two attached hydrogens (primary N) is 1. The molecule has 2 N–H and O–H groups in total. The largest absolute Gasteiger partial charge is 0.412 e. The number of hydrogen-bond donors (Lipinski definition) is 1. The van der Waals surface area contributed by atoms with Gasteiger partial charge in [-0.3, -0.25) is 4.79 Å². The molecule has 1 saturated heterocycles. The van der Waals surface area contributed by atoms with Crippen LogP contribution in [0.2, 0.25) is 0 Å². The van der Waals surface area contributed by atoms with Crippen LogP contribution in [0.15, 0.2) is 34.8 Å². The van der Waals surface area contributed by atoms with Crippen LogP contribution in [0.1, 0.15) is 65.7 Å². The van der Waals surface area contributed by atoms with Crippen LogP contribution >= 0.6 is 11.9 Å². The Morgan fingerprint density at radius 1 is 1.28 bits per heavy atom. The molecule has 2 aliphatic rings. The zero-order valence-corrected chi connectivity index (χ0v) is 20.4. The number of hydrogen-bond acceptors (Lipinski definition) is 4. The van der Waals surface area contributed by atoms with Crippen LogP contribution in [0.4, 0.5) is 13.2 Å². The Balaban J connectivity index is 1.87. The topological polar surface area (TPSA) is 49.6 Å². The standard InChI is InChI=1S/C24H38F3N3OS/c1-4-14-30(32-22-7-5-6-19(9-11-22)24(25,26)27)21-12-15-29(16-13-21)23(31)17-20(28)10-8-18(2)3/h5-7,11,18,20-21H,4,8-10,12-17,28H2,1-3H3. The predicted molar refractivity (Wildman–Crippen MR) is 127 cm³/mol. The van der Waals surface area contributed by atoms with Crippen molar-refractivity contribution in [3.8, 4) is 0 Å². The van der Waals surface area contributed by atoms with Crippen LogP contribution in [0.3, 0.4) is 0 Å². The Hall–Kier alpha value is -1.25. The molecular formula is C24H38F3N3OS. The van der Waals surface area contributed by atoms with E-state index in [4.69, 9.17) is 5.73 Å². The Labute approximate surface area is 195 Å². The number of carbonyl (C=O) groups is 1. The molecule has 1 heterocycles. The zero-order chi connectivity index (χ0) is 23.7. The monoisotopic (exact) mass is 473 g/mol. The normalized spacial score (nSPS) is 19.2. The molecule has 182 valence electrons. The van der Waals surface area contributed by atoms with Crippen LogP contribution in [-0.2, 0) is 4.79 Å². The van der Waals surface area contributed by atoms with E-state index >= 15 is 0 Å². The van der Waals surface area contributed by atoms with Crippen LogP contribution < -0.4 is 5.73 Å². The molecule has 0 aromatic heterocycles. The van der Waals surface area contributed by atoms with E-state index in [2.05, 4.69) is 25.1 Å². The SMILES string of the molecule is CCCN(SC1=CCC(C(F)(F)F)=CC=C1)C1CCN(C(=O)CC(N)CCC(C)C)CC1. The molecule has 8 heteroatoms. The van der Waals surface area contributed by atoms with Crippen LogP contribution in [0, 0.1) is 5.92 Å². The van der Waals surface area contributed by atoms with E-state index in [1.54, 1.807) is 12.2 Å². The summed E-state index contributed by atoms with van der Waals surface area (Å²) in [6.07, 6.45) is 6.65. The maximum Gasteiger partial charge on any atom is 0.412 e. The van der Waals surface area contributed by atoms with Gasteiger partial charge in [0, 0.05) is 48.6 Å². The highest BCUT2D eigenvalue weighted by atomic mass is 32.2. The molecule has 0 aromatic carbocycles. The van der Waals surface area contributed by atoms with Crippen molar-refractivity contribution < 1.29 is 18.0 Å². The smallest absolute Gasteiger partial charge is 0.343 e. The molecule has 1 aliphatic carbocycles. The van der Waals surface area contributed by atoms with Gasteiger partial charge in [-0.25, -0.2) is 4.31 Å². The first kappa shape index (κ1) is 27.0. The highest BCUT2D eigenvalue weighted by Gasteiger charge is 2.33. The van der Waals surface area contributed by atoms with E-state index in [-0.39, 0.29) is 18.4 Å². The summed E-state index contributed by atoms with van der Waals surface area (Å²) in [6, 6.07) is 0.213. The minimum atomic E-state index is -4.29. The van der Waals surface area contributed by atoms with Crippen molar-refractivity contribution in [2.45, 2.75) is 84.0 Å². The molecule has 1 fully saturated rings. The second-order valence-electron chi connectivity index (χ2n) is 9.14. The molecular weight excluding hydrogens is 435 g/mol. The van der Waals surface area contributed by atoms with Gasteiger partial charge in [0.1, 0.15) is 0 Å². The molecule has 0 aromatic rings. The van der Waals surface area contributed by atoms with Gasteiger partial charge >= 0.3 is 6.18 Å². The molecule has 0 saturated carbocycles. The number of nitrogens with zero attached hydrogens (tertiary/aromatic N) is 2. The molecule has 2 rings (SSSR count). The van der Waals surface area contributed by atoms with E-state index in [1.807, 2.05) is 4.90 Å². The molecule has 32 heavy (non-hydrogen) atoms. The third-order valence-corrected chi connectivity index (χ3v) is 7.12. The van der Waals surface area contributed by atoms with E-state index in [1.165, 1.54) is 18.0 Å².